The van der Waals surface area contributed by atoms with Gasteiger partial charge in [-0.2, -0.15) is 0 Å². The monoisotopic (exact) mass is 258 g/mol. The average molecular weight is 258 g/mol. The summed E-state index contributed by atoms with van der Waals surface area (Å²) in [4.78, 5) is 18.2. The van der Waals surface area contributed by atoms with Crippen molar-refractivity contribution >= 4 is 5.82 Å². The standard InChI is InChI=1S/C14H18N4O/c1-17-10-8-16-13(14(17)19)18(9-7-15)11-12-5-3-2-4-6-12/h2-6,8,10H,7,9,11,15H2,1H3. The van der Waals surface area contributed by atoms with Crippen molar-refractivity contribution < 1.29 is 0 Å². The summed E-state index contributed by atoms with van der Waals surface area (Å²) in [6.45, 7) is 1.71. The summed E-state index contributed by atoms with van der Waals surface area (Å²) in [5, 5.41) is 0. The molecule has 0 aliphatic rings. The van der Waals surface area contributed by atoms with E-state index in [1.165, 1.54) is 4.57 Å². The molecule has 0 radical (unpaired) electrons. The highest BCUT2D eigenvalue weighted by Crippen LogP contribution is 2.09. The molecule has 0 unspecified atom stereocenters. The fourth-order valence-corrected chi connectivity index (χ4v) is 1.92. The quantitative estimate of drug-likeness (QED) is 0.859. The Balaban J connectivity index is 2.30. The van der Waals surface area contributed by atoms with Gasteiger partial charge in [0.1, 0.15) is 0 Å². The third-order valence-corrected chi connectivity index (χ3v) is 2.91. The van der Waals surface area contributed by atoms with Crippen molar-refractivity contribution in [1.29, 1.82) is 0 Å². The van der Waals surface area contributed by atoms with Crippen LogP contribution in [0.3, 0.4) is 0 Å². The second-order valence-electron chi connectivity index (χ2n) is 4.36. The first-order valence-corrected chi connectivity index (χ1v) is 6.23. The Bertz CT molecular complexity index is 579. The summed E-state index contributed by atoms with van der Waals surface area (Å²) < 4.78 is 1.52. The molecule has 0 saturated carbocycles. The molecule has 0 saturated heterocycles. The maximum absolute atomic E-state index is 12.1. The molecular weight excluding hydrogens is 240 g/mol. The summed E-state index contributed by atoms with van der Waals surface area (Å²) in [5.74, 6) is 0.444. The van der Waals surface area contributed by atoms with Crippen LogP contribution in [-0.4, -0.2) is 22.6 Å². The summed E-state index contributed by atoms with van der Waals surface area (Å²) >= 11 is 0. The topological polar surface area (TPSA) is 64.2 Å². The zero-order valence-electron chi connectivity index (χ0n) is 11.0. The first-order chi connectivity index (χ1) is 9.22. The van der Waals surface area contributed by atoms with E-state index in [2.05, 4.69) is 4.98 Å². The molecule has 0 spiro atoms. The van der Waals surface area contributed by atoms with Gasteiger partial charge in [0, 0.05) is 39.1 Å². The lowest BCUT2D eigenvalue weighted by Gasteiger charge is -2.22. The summed E-state index contributed by atoms with van der Waals surface area (Å²) in [5.41, 5.74) is 6.65. The number of benzene rings is 1. The van der Waals surface area contributed by atoms with Gasteiger partial charge in [0.25, 0.3) is 5.56 Å². The van der Waals surface area contributed by atoms with E-state index in [1.807, 2.05) is 35.2 Å². The van der Waals surface area contributed by atoms with Crippen molar-refractivity contribution in [3.8, 4) is 0 Å². The Kier molecular flexibility index (Phi) is 4.30. The summed E-state index contributed by atoms with van der Waals surface area (Å²) in [6, 6.07) is 9.98. The van der Waals surface area contributed by atoms with Crippen LogP contribution in [0.15, 0.2) is 47.5 Å². The minimum absolute atomic E-state index is 0.105. The Morgan fingerprint density at radius 3 is 2.74 bits per heavy atom. The maximum atomic E-state index is 12.1. The van der Waals surface area contributed by atoms with E-state index in [9.17, 15) is 4.79 Å². The molecule has 5 nitrogen and oxygen atoms in total. The summed E-state index contributed by atoms with van der Waals surface area (Å²) in [6.07, 6.45) is 3.28. The molecule has 19 heavy (non-hydrogen) atoms. The number of aryl methyl sites for hydroxylation is 1. The largest absolute Gasteiger partial charge is 0.346 e. The van der Waals surface area contributed by atoms with E-state index in [4.69, 9.17) is 5.73 Å². The Hall–Kier alpha value is -2.14. The minimum atomic E-state index is -0.105. The molecule has 1 aromatic heterocycles. The van der Waals surface area contributed by atoms with Gasteiger partial charge < -0.3 is 15.2 Å². The van der Waals surface area contributed by atoms with Crippen LogP contribution in [0.5, 0.6) is 0 Å². The van der Waals surface area contributed by atoms with E-state index < -0.39 is 0 Å². The predicted molar refractivity (Wildman–Crippen MR) is 76.0 cm³/mol. The van der Waals surface area contributed by atoms with Crippen molar-refractivity contribution in [2.24, 2.45) is 12.8 Å². The molecular formula is C14H18N4O. The van der Waals surface area contributed by atoms with Crippen LogP contribution in [0.2, 0.25) is 0 Å². The molecule has 2 N–H and O–H groups in total. The lowest BCUT2D eigenvalue weighted by atomic mass is 10.2. The fourth-order valence-electron chi connectivity index (χ4n) is 1.92. The molecule has 0 aliphatic heterocycles. The smallest absolute Gasteiger partial charge is 0.293 e. The number of anilines is 1. The molecule has 0 fully saturated rings. The second kappa shape index (κ2) is 6.15. The van der Waals surface area contributed by atoms with Crippen LogP contribution in [0.25, 0.3) is 0 Å². The third kappa shape index (κ3) is 3.20. The lowest BCUT2D eigenvalue weighted by Crippen LogP contribution is -2.35. The first kappa shape index (κ1) is 13.3. The molecule has 0 bridgehead atoms. The fraction of sp³-hybridized carbons (Fsp3) is 0.286. The Labute approximate surface area is 112 Å². The zero-order valence-corrected chi connectivity index (χ0v) is 11.0. The predicted octanol–water partition coefficient (Wildman–Crippen LogP) is 0.746. The number of hydrogen-bond acceptors (Lipinski definition) is 4. The molecule has 2 aromatic rings. The van der Waals surface area contributed by atoms with Crippen LogP contribution in [0, 0.1) is 0 Å². The third-order valence-electron chi connectivity index (χ3n) is 2.91. The molecule has 1 aromatic carbocycles. The second-order valence-corrected chi connectivity index (χ2v) is 4.36. The number of nitrogens with zero attached hydrogens (tertiary/aromatic N) is 3. The SMILES string of the molecule is Cn1ccnc(N(CCN)Cc2ccccc2)c1=O. The van der Waals surface area contributed by atoms with Crippen molar-refractivity contribution in [1.82, 2.24) is 9.55 Å². The highest BCUT2D eigenvalue weighted by Gasteiger charge is 2.12. The van der Waals surface area contributed by atoms with Gasteiger partial charge in [-0.15, -0.1) is 0 Å². The normalized spacial score (nSPS) is 10.4. The van der Waals surface area contributed by atoms with Crippen molar-refractivity contribution in [3.63, 3.8) is 0 Å². The molecule has 2 rings (SSSR count). The van der Waals surface area contributed by atoms with Gasteiger partial charge in [-0.3, -0.25) is 4.79 Å². The first-order valence-electron chi connectivity index (χ1n) is 6.23. The van der Waals surface area contributed by atoms with Gasteiger partial charge in [0.2, 0.25) is 0 Å². The van der Waals surface area contributed by atoms with Crippen LogP contribution in [0.4, 0.5) is 5.82 Å². The Morgan fingerprint density at radius 2 is 2.05 bits per heavy atom. The van der Waals surface area contributed by atoms with Crippen molar-refractivity contribution in [2.75, 3.05) is 18.0 Å². The highest BCUT2D eigenvalue weighted by atomic mass is 16.1. The molecule has 0 amide bonds. The minimum Gasteiger partial charge on any atom is -0.346 e. The van der Waals surface area contributed by atoms with Gasteiger partial charge in [0.05, 0.1) is 0 Å². The number of hydrogen-bond donors (Lipinski definition) is 1. The van der Waals surface area contributed by atoms with Crippen LogP contribution in [-0.2, 0) is 13.6 Å². The average Bonchev–Trinajstić information content (AvgIpc) is 2.43. The van der Waals surface area contributed by atoms with Gasteiger partial charge in [-0.25, -0.2) is 4.98 Å². The number of nitrogens with two attached hydrogens (primary N) is 1. The summed E-state index contributed by atoms with van der Waals surface area (Å²) in [7, 11) is 1.72. The van der Waals surface area contributed by atoms with Gasteiger partial charge in [-0.1, -0.05) is 30.3 Å². The molecule has 1 heterocycles. The number of aromatic nitrogens is 2. The van der Waals surface area contributed by atoms with Crippen molar-refractivity contribution in [2.45, 2.75) is 6.54 Å². The van der Waals surface area contributed by atoms with Gasteiger partial charge in [0.15, 0.2) is 5.82 Å². The highest BCUT2D eigenvalue weighted by molar-refractivity contribution is 5.37. The molecule has 5 heteroatoms. The van der Waals surface area contributed by atoms with Crippen molar-refractivity contribution in [3.05, 3.63) is 58.6 Å². The van der Waals surface area contributed by atoms with E-state index in [0.29, 0.717) is 25.5 Å². The molecule has 100 valence electrons. The van der Waals surface area contributed by atoms with E-state index >= 15 is 0 Å². The number of rotatable bonds is 5. The molecule has 0 aliphatic carbocycles. The van der Waals surface area contributed by atoms with E-state index in [1.54, 1.807) is 19.4 Å². The van der Waals surface area contributed by atoms with Crippen LogP contribution in [0.1, 0.15) is 5.56 Å². The van der Waals surface area contributed by atoms with Gasteiger partial charge >= 0.3 is 0 Å². The van der Waals surface area contributed by atoms with E-state index in [0.717, 1.165) is 5.56 Å². The maximum Gasteiger partial charge on any atom is 0.293 e. The van der Waals surface area contributed by atoms with Crippen LogP contribution >= 0.6 is 0 Å². The van der Waals surface area contributed by atoms with E-state index in [-0.39, 0.29) is 5.56 Å². The lowest BCUT2D eigenvalue weighted by molar-refractivity contribution is 0.743. The van der Waals surface area contributed by atoms with Gasteiger partial charge in [-0.05, 0) is 5.56 Å². The molecule has 0 atom stereocenters. The zero-order chi connectivity index (χ0) is 13.7. The Morgan fingerprint density at radius 1 is 1.32 bits per heavy atom. The van der Waals surface area contributed by atoms with Crippen LogP contribution < -0.4 is 16.2 Å².